The predicted molar refractivity (Wildman–Crippen MR) is 91.0 cm³/mol. The number of hydrogen-bond acceptors (Lipinski definition) is 1. The first-order valence-corrected chi connectivity index (χ1v) is 7.66. The second kappa shape index (κ2) is 5.45. The number of ketones is 1. The Morgan fingerprint density at radius 3 is 2.33 bits per heavy atom. The molecule has 0 saturated carbocycles. The summed E-state index contributed by atoms with van der Waals surface area (Å²) >= 11 is 3.46. The Morgan fingerprint density at radius 1 is 0.905 bits per heavy atom. The molecule has 21 heavy (non-hydrogen) atoms. The zero-order chi connectivity index (χ0) is 15.0. The van der Waals surface area contributed by atoms with Crippen LogP contribution in [0.15, 0.2) is 59.1 Å². The normalized spacial score (nSPS) is 10.8. The summed E-state index contributed by atoms with van der Waals surface area (Å²) in [6, 6.07) is 17.8. The molecule has 0 aliphatic heterocycles. The molecule has 3 aromatic rings. The number of benzene rings is 3. The van der Waals surface area contributed by atoms with Gasteiger partial charge in [-0.1, -0.05) is 52.3 Å². The molecule has 0 N–H and O–H groups in total. The Bertz CT molecular complexity index is 829. The van der Waals surface area contributed by atoms with Gasteiger partial charge in [0.05, 0.1) is 0 Å². The van der Waals surface area contributed by atoms with Gasteiger partial charge in [-0.25, -0.2) is 0 Å². The second-order valence-electron chi connectivity index (χ2n) is 5.32. The fourth-order valence-electron chi connectivity index (χ4n) is 2.67. The topological polar surface area (TPSA) is 17.1 Å². The average molecular weight is 339 g/mol. The van der Waals surface area contributed by atoms with Crippen molar-refractivity contribution in [1.29, 1.82) is 0 Å². The molecule has 0 unspecified atom stereocenters. The first-order chi connectivity index (χ1) is 10.1. The fraction of sp³-hybridized carbons (Fsp3) is 0.105. The molecule has 0 fully saturated rings. The maximum atomic E-state index is 12.9. The van der Waals surface area contributed by atoms with Gasteiger partial charge in [-0.2, -0.15) is 0 Å². The molecule has 3 rings (SSSR count). The lowest BCUT2D eigenvalue weighted by atomic mass is 9.94. The van der Waals surface area contributed by atoms with Gasteiger partial charge in [0, 0.05) is 15.6 Å². The Balaban J connectivity index is 2.20. The maximum Gasteiger partial charge on any atom is 0.193 e. The molecular formula is C19H15BrO. The van der Waals surface area contributed by atoms with Crippen LogP contribution in [0.5, 0.6) is 0 Å². The minimum absolute atomic E-state index is 0.0654. The SMILES string of the molecule is Cc1cc(Br)cc(C(=O)c2ccc(C)c3ccccc23)c1. The highest BCUT2D eigenvalue weighted by Gasteiger charge is 2.14. The number of carbonyl (C=O) groups excluding carboxylic acids is 1. The zero-order valence-corrected chi connectivity index (χ0v) is 13.6. The number of halogens is 1. The zero-order valence-electron chi connectivity index (χ0n) is 12.0. The van der Waals surface area contributed by atoms with E-state index in [0.717, 1.165) is 31.9 Å². The summed E-state index contributed by atoms with van der Waals surface area (Å²) in [7, 11) is 0. The molecule has 0 spiro atoms. The summed E-state index contributed by atoms with van der Waals surface area (Å²) in [6.07, 6.45) is 0. The van der Waals surface area contributed by atoms with E-state index in [1.807, 2.05) is 55.5 Å². The molecule has 0 aliphatic rings. The van der Waals surface area contributed by atoms with Crippen molar-refractivity contribution in [2.45, 2.75) is 13.8 Å². The third-order valence-corrected chi connectivity index (χ3v) is 4.15. The summed E-state index contributed by atoms with van der Waals surface area (Å²) < 4.78 is 0.933. The quantitative estimate of drug-likeness (QED) is 0.568. The molecule has 0 atom stereocenters. The highest BCUT2D eigenvalue weighted by molar-refractivity contribution is 9.10. The Kier molecular flexibility index (Phi) is 3.64. The monoisotopic (exact) mass is 338 g/mol. The molecule has 0 heterocycles. The number of fused-ring (bicyclic) bond motifs is 1. The molecule has 2 heteroatoms. The van der Waals surface area contributed by atoms with Crippen LogP contribution in [0.2, 0.25) is 0 Å². The van der Waals surface area contributed by atoms with Crippen LogP contribution in [0.25, 0.3) is 10.8 Å². The smallest absolute Gasteiger partial charge is 0.193 e. The summed E-state index contributed by atoms with van der Waals surface area (Å²) in [5.74, 6) is 0.0654. The van der Waals surface area contributed by atoms with E-state index in [9.17, 15) is 4.79 Å². The standard InChI is InChI=1S/C19H15BrO/c1-12-9-14(11-15(20)10-12)19(21)18-8-7-13(2)16-5-3-4-6-17(16)18/h3-11H,1-2H3. The fourth-order valence-corrected chi connectivity index (χ4v) is 3.28. The predicted octanol–water partition coefficient (Wildman–Crippen LogP) is 5.45. The van der Waals surface area contributed by atoms with Crippen molar-refractivity contribution in [2.75, 3.05) is 0 Å². The van der Waals surface area contributed by atoms with Gasteiger partial charge in [0.15, 0.2) is 5.78 Å². The van der Waals surface area contributed by atoms with E-state index < -0.39 is 0 Å². The van der Waals surface area contributed by atoms with Crippen molar-refractivity contribution in [3.8, 4) is 0 Å². The third kappa shape index (κ3) is 2.64. The Morgan fingerprint density at radius 2 is 1.62 bits per heavy atom. The molecule has 1 nitrogen and oxygen atoms in total. The van der Waals surface area contributed by atoms with Crippen LogP contribution >= 0.6 is 15.9 Å². The lowest BCUT2D eigenvalue weighted by Crippen LogP contribution is -2.03. The van der Waals surface area contributed by atoms with Gasteiger partial charge in [-0.3, -0.25) is 4.79 Å². The van der Waals surface area contributed by atoms with Gasteiger partial charge < -0.3 is 0 Å². The van der Waals surface area contributed by atoms with Gasteiger partial charge in [-0.15, -0.1) is 0 Å². The minimum atomic E-state index is 0.0654. The lowest BCUT2D eigenvalue weighted by Gasteiger charge is -2.09. The van der Waals surface area contributed by atoms with Crippen LogP contribution in [0.3, 0.4) is 0 Å². The number of carbonyl (C=O) groups is 1. The van der Waals surface area contributed by atoms with Crippen molar-refractivity contribution >= 4 is 32.5 Å². The average Bonchev–Trinajstić information content (AvgIpc) is 2.46. The number of aryl methyl sites for hydroxylation is 2. The van der Waals surface area contributed by atoms with Crippen LogP contribution in [-0.2, 0) is 0 Å². The van der Waals surface area contributed by atoms with E-state index in [-0.39, 0.29) is 5.78 Å². The summed E-state index contributed by atoms with van der Waals surface area (Å²) in [5, 5.41) is 2.15. The maximum absolute atomic E-state index is 12.9. The van der Waals surface area contributed by atoms with E-state index >= 15 is 0 Å². The lowest BCUT2D eigenvalue weighted by molar-refractivity contribution is 0.104. The third-order valence-electron chi connectivity index (χ3n) is 3.69. The van der Waals surface area contributed by atoms with Crippen LogP contribution < -0.4 is 0 Å². The van der Waals surface area contributed by atoms with Crippen LogP contribution in [0, 0.1) is 13.8 Å². The molecule has 0 bridgehead atoms. The van der Waals surface area contributed by atoms with E-state index in [1.54, 1.807) is 0 Å². The van der Waals surface area contributed by atoms with Crippen molar-refractivity contribution < 1.29 is 4.79 Å². The van der Waals surface area contributed by atoms with E-state index in [1.165, 1.54) is 5.56 Å². The molecule has 104 valence electrons. The van der Waals surface area contributed by atoms with Gasteiger partial charge in [0.25, 0.3) is 0 Å². The van der Waals surface area contributed by atoms with Crippen LogP contribution in [-0.4, -0.2) is 5.78 Å². The van der Waals surface area contributed by atoms with Crippen LogP contribution in [0.1, 0.15) is 27.0 Å². The highest BCUT2D eigenvalue weighted by atomic mass is 79.9. The molecular weight excluding hydrogens is 324 g/mol. The first kappa shape index (κ1) is 14.0. The molecule has 0 saturated heterocycles. The summed E-state index contributed by atoms with van der Waals surface area (Å²) in [4.78, 5) is 12.9. The number of rotatable bonds is 2. The second-order valence-corrected chi connectivity index (χ2v) is 6.24. The molecule has 0 amide bonds. The van der Waals surface area contributed by atoms with E-state index in [4.69, 9.17) is 0 Å². The Labute approximate surface area is 132 Å². The van der Waals surface area contributed by atoms with E-state index in [2.05, 4.69) is 28.9 Å². The molecule has 3 aromatic carbocycles. The van der Waals surface area contributed by atoms with Gasteiger partial charge in [0.1, 0.15) is 0 Å². The minimum Gasteiger partial charge on any atom is -0.289 e. The van der Waals surface area contributed by atoms with Crippen molar-refractivity contribution in [2.24, 2.45) is 0 Å². The first-order valence-electron chi connectivity index (χ1n) is 6.86. The van der Waals surface area contributed by atoms with Gasteiger partial charge >= 0.3 is 0 Å². The van der Waals surface area contributed by atoms with Crippen molar-refractivity contribution in [3.05, 3.63) is 81.3 Å². The van der Waals surface area contributed by atoms with Crippen molar-refractivity contribution in [3.63, 3.8) is 0 Å². The van der Waals surface area contributed by atoms with Gasteiger partial charge in [0.2, 0.25) is 0 Å². The summed E-state index contributed by atoms with van der Waals surface area (Å²) in [5.41, 5.74) is 3.74. The molecule has 0 aliphatic carbocycles. The van der Waals surface area contributed by atoms with E-state index in [0.29, 0.717) is 0 Å². The van der Waals surface area contributed by atoms with Gasteiger partial charge in [-0.05, 0) is 53.9 Å². The molecule has 0 radical (unpaired) electrons. The van der Waals surface area contributed by atoms with Crippen LogP contribution in [0.4, 0.5) is 0 Å². The highest BCUT2D eigenvalue weighted by Crippen LogP contribution is 2.25. The summed E-state index contributed by atoms with van der Waals surface area (Å²) in [6.45, 7) is 4.06. The largest absolute Gasteiger partial charge is 0.289 e. The van der Waals surface area contributed by atoms with Crippen molar-refractivity contribution in [1.82, 2.24) is 0 Å². The Hall–Kier alpha value is -1.93. The molecule has 0 aromatic heterocycles. The number of hydrogen-bond donors (Lipinski definition) is 0.